The van der Waals surface area contributed by atoms with E-state index in [4.69, 9.17) is 5.73 Å². The molecule has 1 aliphatic rings. The van der Waals surface area contributed by atoms with Crippen molar-refractivity contribution in [1.29, 1.82) is 0 Å². The smallest absolute Gasteiger partial charge is 0.224 e. The fourth-order valence-electron chi connectivity index (χ4n) is 1.61. The van der Waals surface area contributed by atoms with Gasteiger partial charge >= 0.3 is 0 Å². The van der Waals surface area contributed by atoms with Crippen LogP contribution in [0.4, 0.5) is 0 Å². The predicted molar refractivity (Wildman–Crippen MR) is 54.7 cm³/mol. The summed E-state index contributed by atoms with van der Waals surface area (Å²) in [6, 6.07) is -0.0191. The van der Waals surface area contributed by atoms with Crippen LogP contribution in [0.5, 0.6) is 0 Å². The summed E-state index contributed by atoms with van der Waals surface area (Å²) in [4.78, 5) is 13.4. The van der Waals surface area contributed by atoms with Gasteiger partial charge in [0.2, 0.25) is 5.91 Å². The largest absolute Gasteiger partial charge is 0.393 e. The van der Waals surface area contributed by atoms with Gasteiger partial charge in [-0.25, -0.2) is 0 Å². The zero-order valence-electron chi connectivity index (χ0n) is 8.78. The Morgan fingerprint density at radius 2 is 2.14 bits per heavy atom. The molecular weight excluding hydrogens is 180 g/mol. The Bertz CT molecular complexity index is 189. The average molecular weight is 200 g/mol. The SMILES string of the molecule is CCC(N)CC(=O)N1CCC(O)CC1. The minimum absolute atomic E-state index is 0.0191. The molecule has 0 radical (unpaired) electrons. The maximum absolute atomic E-state index is 11.6. The molecule has 0 aliphatic carbocycles. The molecule has 1 fully saturated rings. The lowest BCUT2D eigenvalue weighted by molar-refractivity contribution is -0.133. The number of aliphatic hydroxyl groups excluding tert-OH is 1. The maximum Gasteiger partial charge on any atom is 0.224 e. The van der Waals surface area contributed by atoms with Crippen LogP contribution in [0, 0.1) is 0 Å². The van der Waals surface area contributed by atoms with E-state index in [0.29, 0.717) is 32.4 Å². The fraction of sp³-hybridized carbons (Fsp3) is 0.900. The Labute approximate surface area is 85.1 Å². The van der Waals surface area contributed by atoms with E-state index in [1.54, 1.807) is 0 Å². The molecule has 1 amide bonds. The minimum atomic E-state index is -0.223. The Kier molecular flexibility index (Phi) is 4.35. The molecule has 0 aromatic heterocycles. The van der Waals surface area contributed by atoms with Crippen LogP contribution in [-0.2, 0) is 4.79 Å². The first-order valence-corrected chi connectivity index (χ1v) is 5.35. The first-order chi connectivity index (χ1) is 6.63. The highest BCUT2D eigenvalue weighted by atomic mass is 16.3. The molecule has 82 valence electrons. The zero-order chi connectivity index (χ0) is 10.6. The number of nitrogens with two attached hydrogens (primary N) is 1. The van der Waals surface area contributed by atoms with E-state index in [2.05, 4.69) is 0 Å². The van der Waals surface area contributed by atoms with Gasteiger partial charge in [-0.05, 0) is 19.3 Å². The van der Waals surface area contributed by atoms with Crippen LogP contribution >= 0.6 is 0 Å². The lowest BCUT2D eigenvalue weighted by Crippen LogP contribution is -2.42. The number of carbonyl (C=O) groups is 1. The van der Waals surface area contributed by atoms with Crippen LogP contribution in [0.15, 0.2) is 0 Å². The van der Waals surface area contributed by atoms with Crippen molar-refractivity contribution < 1.29 is 9.90 Å². The van der Waals surface area contributed by atoms with Gasteiger partial charge in [-0.1, -0.05) is 6.92 Å². The number of rotatable bonds is 3. The highest BCUT2D eigenvalue weighted by Gasteiger charge is 2.21. The molecule has 4 heteroatoms. The average Bonchev–Trinajstić information content (AvgIpc) is 2.18. The van der Waals surface area contributed by atoms with Gasteiger partial charge in [0.15, 0.2) is 0 Å². The van der Waals surface area contributed by atoms with Gasteiger partial charge in [0, 0.05) is 25.6 Å². The van der Waals surface area contributed by atoms with E-state index < -0.39 is 0 Å². The molecule has 0 aromatic carbocycles. The molecule has 14 heavy (non-hydrogen) atoms. The summed E-state index contributed by atoms with van der Waals surface area (Å²) in [5, 5.41) is 9.27. The molecule has 1 rings (SSSR count). The lowest BCUT2D eigenvalue weighted by Gasteiger charge is -2.30. The molecule has 1 heterocycles. The molecule has 0 bridgehead atoms. The number of nitrogens with zero attached hydrogens (tertiary/aromatic N) is 1. The highest BCUT2D eigenvalue weighted by Crippen LogP contribution is 2.11. The van der Waals surface area contributed by atoms with Gasteiger partial charge in [0.05, 0.1) is 6.10 Å². The summed E-state index contributed by atoms with van der Waals surface area (Å²) < 4.78 is 0. The maximum atomic E-state index is 11.6. The van der Waals surface area contributed by atoms with Crippen molar-refractivity contribution >= 4 is 5.91 Å². The number of hydrogen-bond donors (Lipinski definition) is 2. The van der Waals surface area contributed by atoms with Gasteiger partial charge in [0.1, 0.15) is 0 Å². The van der Waals surface area contributed by atoms with Crippen LogP contribution in [0.3, 0.4) is 0 Å². The molecule has 3 N–H and O–H groups in total. The van der Waals surface area contributed by atoms with Gasteiger partial charge in [0.25, 0.3) is 0 Å². The molecule has 1 saturated heterocycles. The van der Waals surface area contributed by atoms with Crippen LogP contribution < -0.4 is 5.73 Å². The standard InChI is InChI=1S/C10H20N2O2/c1-2-8(11)7-10(14)12-5-3-9(13)4-6-12/h8-9,13H,2-7,11H2,1H3. The third-order valence-electron chi connectivity index (χ3n) is 2.78. The van der Waals surface area contributed by atoms with Crippen LogP contribution in [0.25, 0.3) is 0 Å². The van der Waals surface area contributed by atoms with Crippen LogP contribution in [-0.4, -0.2) is 41.1 Å². The molecule has 0 spiro atoms. The third-order valence-corrected chi connectivity index (χ3v) is 2.78. The van der Waals surface area contributed by atoms with Crippen LogP contribution in [0.1, 0.15) is 32.6 Å². The number of aliphatic hydroxyl groups is 1. The number of likely N-dealkylation sites (tertiary alicyclic amines) is 1. The Balaban J connectivity index is 2.30. The lowest BCUT2D eigenvalue weighted by atomic mass is 10.1. The number of hydrogen-bond acceptors (Lipinski definition) is 3. The first kappa shape index (κ1) is 11.5. The van der Waals surface area contributed by atoms with Gasteiger partial charge in [-0.3, -0.25) is 4.79 Å². The summed E-state index contributed by atoms with van der Waals surface area (Å²) in [6.07, 6.45) is 2.45. The topological polar surface area (TPSA) is 66.6 Å². The van der Waals surface area contributed by atoms with E-state index >= 15 is 0 Å². The van der Waals surface area contributed by atoms with Crippen LogP contribution in [0.2, 0.25) is 0 Å². The van der Waals surface area contributed by atoms with Crippen molar-refractivity contribution in [3.05, 3.63) is 0 Å². The van der Waals surface area contributed by atoms with Crippen molar-refractivity contribution in [2.75, 3.05) is 13.1 Å². The highest BCUT2D eigenvalue weighted by molar-refractivity contribution is 5.76. The van der Waals surface area contributed by atoms with E-state index in [9.17, 15) is 9.90 Å². The van der Waals surface area contributed by atoms with Crippen molar-refractivity contribution in [1.82, 2.24) is 4.90 Å². The van der Waals surface area contributed by atoms with Crippen molar-refractivity contribution in [3.63, 3.8) is 0 Å². The van der Waals surface area contributed by atoms with Crippen molar-refractivity contribution in [2.24, 2.45) is 5.73 Å². The van der Waals surface area contributed by atoms with E-state index in [1.165, 1.54) is 0 Å². The fourth-order valence-corrected chi connectivity index (χ4v) is 1.61. The number of amides is 1. The summed E-state index contributed by atoms with van der Waals surface area (Å²) >= 11 is 0. The van der Waals surface area contributed by atoms with Gasteiger partial charge in [-0.2, -0.15) is 0 Å². The van der Waals surface area contributed by atoms with E-state index in [-0.39, 0.29) is 18.1 Å². The molecule has 1 unspecified atom stereocenters. The normalized spacial score (nSPS) is 20.9. The molecule has 1 aliphatic heterocycles. The molecule has 4 nitrogen and oxygen atoms in total. The van der Waals surface area contributed by atoms with E-state index in [0.717, 1.165) is 6.42 Å². The number of piperidine rings is 1. The summed E-state index contributed by atoms with van der Waals surface area (Å²) in [6.45, 7) is 3.34. The van der Waals surface area contributed by atoms with Crippen molar-refractivity contribution in [2.45, 2.75) is 44.8 Å². The third kappa shape index (κ3) is 3.27. The summed E-state index contributed by atoms with van der Waals surface area (Å²) in [7, 11) is 0. The quantitative estimate of drug-likeness (QED) is 0.679. The Morgan fingerprint density at radius 3 is 2.64 bits per heavy atom. The van der Waals surface area contributed by atoms with Gasteiger partial charge in [-0.15, -0.1) is 0 Å². The second-order valence-electron chi connectivity index (χ2n) is 3.98. The predicted octanol–water partition coefficient (Wildman–Crippen LogP) is 0.0971. The minimum Gasteiger partial charge on any atom is -0.393 e. The zero-order valence-corrected chi connectivity index (χ0v) is 8.78. The van der Waals surface area contributed by atoms with Gasteiger partial charge < -0.3 is 15.7 Å². The van der Waals surface area contributed by atoms with E-state index in [1.807, 2.05) is 11.8 Å². The molecule has 0 saturated carbocycles. The summed E-state index contributed by atoms with van der Waals surface area (Å²) in [5.41, 5.74) is 5.71. The summed E-state index contributed by atoms with van der Waals surface area (Å²) in [5.74, 6) is 0.131. The second kappa shape index (κ2) is 5.32. The molecule has 0 aromatic rings. The first-order valence-electron chi connectivity index (χ1n) is 5.35. The second-order valence-corrected chi connectivity index (χ2v) is 3.98. The number of carbonyl (C=O) groups excluding carboxylic acids is 1. The Hall–Kier alpha value is -0.610. The molecular formula is C10H20N2O2. The Morgan fingerprint density at radius 1 is 1.57 bits per heavy atom. The monoisotopic (exact) mass is 200 g/mol. The molecule has 1 atom stereocenters. The van der Waals surface area contributed by atoms with Crippen molar-refractivity contribution in [3.8, 4) is 0 Å².